The summed E-state index contributed by atoms with van der Waals surface area (Å²) >= 11 is 0. The van der Waals surface area contributed by atoms with Crippen LogP contribution in [0.5, 0.6) is 5.75 Å². The van der Waals surface area contributed by atoms with E-state index in [0.717, 1.165) is 52.9 Å². The van der Waals surface area contributed by atoms with Crippen LogP contribution >= 0.6 is 0 Å². The molecule has 0 spiro atoms. The molecule has 0 unspecified atom stereocenters. The number of ether oxygens (including phenoxy) is 1. The van der Waals surface area contributed by atoms with Crippen molar-refractivity contribution < 1.29 is 14.6 Å². The van der Waals surface area contributed by atoms with Crippen LogP contribution in [0.4, 0.5) is 0 Å². The fraction of sp³-hybridized carbons (Fsp3) is 0.310. The number of nitrogens with zero attached hydrogens (tertiary/aromatic N) is 4. The number of carboxylic acid groups (broad SMARTS) is 1. The fourth-order valence-electron chi connectivity index (χ4n) is 5.00. The summed E-state index contributed by atoms with van der Waals surface area (Å²) < 4.78 is 8.18. The summed E-state index contributed by atoms with van der Waals surface area (Å²) in [5, 5.41) is 19.1. The SMILES string of the molecule is Cc1ccc(COc2ccc3nc([C@H]4CCCC[C@@H]4C(=O)O)n(Cc4ccc(C#N)cc4)c3c2)nc1. The highest BCUT2D eigenvalue weighted by molar-refractivity contribution is 5.79. The van der Waals surface area contributed by atoms with E-state index in [-0.39, 0.29) is 5.92 Å². The monoisotopic (exact) mass is 480 g/mol. The molecule has 2 aromatic heterocycles. The molecule has 1 fully saturated rings. The molecule has 0 radical (unpaired) electrons. The highest BCUT2D eigenvalue weighted by atomic mass is 16.5. The van der Waals surface area contributed by atoms with Crippen molar-refractivity contribution in [2.24, 2.45) is 5.92 Å². The molecule has 2 heterocycles. The Bertz CT molecular complexity index is 1420. The zero-order valence-corrected chi connectivity index (χ0v) is 20.2. The van der Waals surface area contributed by atoms with Crippen LogP contribution in [0.2, 0.25) is 0 Å². The first-order valence-electron chi connectivity index (χ1n) is 12.3. The first-order chi connectivity index (χ1) is 17.5. The van der Waals surface area contributed by atoms with Crippen LogP contribution in [0, 0.1) is 24.2 Å². The maximum atomic E-state index is 12.1. The molecule has 1 N–H and O–H groups in total. The molecule has 2 aromatic carbocycles. The Labute approximate surface area is 210 Å². The summed E-state index contributed by atoms with van der Waals surface area (Å²) in [5.41, 5.74) is 5.29. The van der Waals surface area contributed by atoms with Crippen molar-refractivity contribution in [3.8, 4) is 11.8 Å². The third-order valence-corrected chi connectivity index (χ3v) is 6.95. The average Bonchev–Trinajstić information content (AvgIpc) is 3.26. The van der Waals surface area contributed by atoms with Gasteiger partial charge in [0.2, 0.25) is 0 Å². The number of pyridine rings is 1. The number of nitriles is 1. The van der Waals surface area contributed by atoms with E-state index in [2.05, 4.69) is 15.6 Å². The molecule has 7 nitrogen and oxygen atoms in total. The van der Waals surface area contributed by atoms with Crippen molar-refractivity contribution in [3.63, 3.8) is 0 Å². The summed E-state index contributed by atoms with van der Waals surface area (Å²) in [6.07, 6.45) is 5.21. The lowest BCUT2D eigenvalue weighted by Gasteiger charge is -2.28. The lowest BCUT2D eigenvalue weighted by atomic mass is 9.78. The van der Waals surface area contributed by atoms with Crippen LogP contribution < -0.4 is 4.74 Å². The molecule has 0 bridgehead atoms. The number of fused-ring (bicyclic) bond motifs is 1. The molecule has 1 aliphatic carbocycles. The lowest BCUT2D eigenvalue weighted by molar-refractivity contribution is -0.143. The van der Waals surface area contributed by atoms with Gasteiger partial charge in [-0.1, -0.05) is 31.0 Å². The van der Waals surface area contributed by atoms with Gasteiger partial charge >= 0.3 is 5.97 Å². The van der Waals surface area contributed by atoms with Crippen LogP contribution in [0.25, 0.3) is 11.0 Å². The van der Waals surface area contributed by atoms with Gasteiger partial charge < -0.3 is 14.4 Å². The van der Waals surface area contributed by atoms with Crippen molar-refractivity contribution in [1.82, 2.24) is 14.5 Å². The first kappa shape index (κ1) is 23.6. The van der Waals surface area contributed by atoms with Gasteiger partial charge in [-0.2, -0.15) is 5.26 Å². The lowest BCUT2D eigenvalue weighted by Crippen LogP contribution is -2.27. The van der Waals surface area contributed by atoms with Crippen LogP contribution in [0.1, 0.15) is 59.8 Å². The summed E-state index contributed by atoms with van der Waals surface area (Å²) in [6.45, 7) is 2.88. The molecule has 0 saturated heterocycles. The molecule has 36 heavy (non-hydrogen) atoms. The maximum Gasteiger partial charge on any atom is 0.307 e. The summed E-state index contributed by atoms with van der Waals surface area (Å²) in [6, 6.07) is 19.4. The van der Waals surface area contributed by atoms with Crippen LogP contribution in [-0.2, 0) is 17.9 Å². The van der Waals surface area contributed by atoms with Gasteiger partial charge in [0, 0.05) is 24.7 Å². The highest BCUT2D eigenvalue weighted by Crippen LogP contribution is 2.39. The van der Waals surface area contributed by atoms with E-state index in [1.165, 1.54) is 0 Å². The molecule has 182 valence electrons. The Hall–Kier alpha value is -4.18. The van der Waals surface area contributed by atoms with Crippen molar-refractivity contribution in [1.29, 1.82) is 5.26 Å². The van der Waals surface area contributed by atoms with Crippen molar-refractivity contribution in [3.05, 3.63) is 89.0 Å². The Balaban J connectivity index is 1.52. The van der Waals surface area contributed by atoms with E-state index < -0.39 is 11.9 Å². The van der Waals surface area contributed by atoms with Crippen LogP contribution in [-0.4, -0.2) is 25.6 Å². The molecule has 2 atom stereocenters. The van der Waals surface area contributed by atoms with Gasteiger partial charge in [0.05, 0.1) is 34.3 Å². The number of imidazole rings is 1. The number of rotatable bonds is 7. The normalized spacial score (nSPS) is 17.6. The average molecular weight is 481 g/mol. The molecular weight excluding hydrogens is 452 g/mol. The number of hydrogen-bond donors (Lipinski definition) is 1. The van der Waals surface area contributed by atoms with Gasteiger partial charge in [-0.15, -0.1) is 0 Å². The predicted molar refractivity (Wildman–Crippen MR) is 136 cm³/mol. The van der Waals surface area contributed by atoms with Crippen LogP contribution in [0.3, 0.4) is 0 Å². The summed E-state index contributed by atoms with van der Waals surface area (Å²) in [7, 11) is 0. The Morgan fingerprint density at radius 3 is 2.67 bits per heavy atom. The van der Waals surface area contributed by atoms with E-state index in [9.17, 15) is 9.90 Å². The fourth-order valence-corrected chi connectivity index (χ4v) is 5.00. The zero-order chi connectivity index (χ0) is 25.1. The molecule has 7 heteroatoms. The second kappa shape index (κ2) is 10.2. The Morgan fingerprint density at radius 2 is 1.94 bits per heavy atom. The standard InChI is InChI=1S/C29H28N4O3/c1-19-6-11-22(31-16-19)18-36-23-12-13-26-27(14-23)33(17-21-9-7-20(15-30)8-10-21)28(32-26)24-4-2-3-5-25(24)29(34)35/h6-14,16,24-25H,2-5,17-18H2,1H3,(H,34,35)/t24-,25-/m0/s1. The van der Waals surface area contributed by atoms with Gasteiger partial charge in [0.15, 0.2) is 0 Å². The number of aryl methyl sites for hydroxylation is 1. The third kappa shape index (κ3) is 4.94. The Morgan fingerprint density at radius 1 is 1.14 bits per heavy atom. The van der Waals surface area contributed by atoms with Gasteiger partial charge in [-0.3, -0.25) is 9.78 Å². The maximum absolute atomic E-state index is 12.1. The van der Waals surface area contributed by atoms with Crippen LogP contribution in [0.15, 0.2) is 60.8 Å². The largest absolute Gasteiger partial charge is 0.487 e. The zero-order valence-electron chi connectivity index (χ0n) is 20.2. The minimum absolute atomic E-state index is 0.150. The number of benzene rings is 2. The number of carbonyl (C=O) groups is 1. The molecule has 0 aliphatic heterocycles. The molecule has 4 aromatic rings. The van der Waals surface area contributed by atoms with E-state index >= 15 is 0 Å². The van der Waals surface area contributed by atoms with E-state index in [0.29, 0.717) is 30.9 Å². The molecule has 1 aliphatic rings. The topological polar surface area (TPSA) is 101 Å². The number of aliphatic carboxylic acids is 1. The van der Waals surface area contributed by atoms with Gasteiger partial charge in [-0.05, 0) is 61.2 Å². The van der Waals surface area contributed by atoms with Crippen molar-refractivity contribution in [2.45, 2.75) is 51.7 Å². The van der Waals surface area contributed by atoms with E-state index in [1.807, 2.05) is 55.6 Å². The molecular formula is C29H28N4O3. The quantitative estimate of drug-likeness (QED) is 0.370. The van der Waals surface area contributed by atoms with Crippen molar-refractivity contribution in [2.75, 3.05) is 0 Å². The first-order valence-corrected chi connectivity index (χ1v) is 12.3. The smallest absolute Gasteiger partial charge is 0.307 e. The van der Waals surface area contributed by atoms with Gasteiger partial charge in [0.1, 0.15) is 18.2 Å². The van der Waals surface area contributed by atoms with Gasteiger partial charge in [-0.25, -0.2) is 4.98 Å². The second-order valence-electron chi connectivity index (χ2n) is 9.47. The Kier molecular flexibility index (Phi) is 6.68. The molecule has 5 rings (SSSR count). The predicted octanol–water partition coefficient (Wildman–Crippen LogP) is 5.60. The van der Waals surface area contributed by atoms with Crippen molar-refractivity contribution >= 4 is 17.0 Å². The molecule has 1 saturated carbocycles. The minimum Gasteiger partial charge on any atom is -0.487 e. The summed E-state index contributed by atoms with van der Waals surface area (Å²) in [4.78, 5) is 21.5. The molecule has 0 amide bonds. The van der Waals surface area contributed by atoms with E-state index in [1.54, 1.807) is 12.1 Å². The number of aromatic nitrogens is 3. The minimum atomic E-state index is -0.758. The number of carboxylic acids is 1. The van der Waals surface area contributed by atoms with Gasteiger partial charge in [0.25, 0.3) is 0 Å². The number of hydrogen-bond acceptors (Lipinski definition) is 5. The highest BCUT2D eigenvalue weighted by Gasteiger charge is 2.35. The van der Waals surface area contributed by atoms with E-state index in [4.69, 9.17) is 15.0 Å². The summed E-state index contributed by atoms with van der Waals surface area (Å²) in [5.74, 6) is 0.155. The second-order valence-corrected chi connectivity index (χ2v) is 9.47. The third-order valence-electron chi connectivity index (χ3n) is 6.95.